The summed E-state index contributed by atoms with van der Waals surface area (Å²) in [4.78, 5) is 17.6. The van der Waals surface area contributed by atoms with Gasteiger partial charge in [0.15, 0.2) is 0 Å². The van der Waals surface area contributed by atoms with Crippen molar-refractivity contribution in [3.05, 3.63) is 76.7 Å². The number of amides is 1. The maximum Gasteiger partial charge on any atom is 0.227 e. The molecule has 1 aliphatic rings. The lowest BCUT2D eigenvalue weighted by Crippen LogP contribution is -2.30. The van der Waals surface area contributed by atoms with Crippen LogP contribution in [0.5, 0.6) is 0 Å². The Labute approximate surface area is 149 Å². The van der Waals surface area contributed by atoms with Gasteiger partial charge in [0.05, 0.1) is 6.42 Å². The standard InChI is InChI=1S/C20H16ClFN2O/c21-16-3-6-19-18(10-16)15(11-23-19)9-20(25)24-8-7-14(12-24)13-1-4-17(22)5-2-13/h1-7,10-11,23H,8-9,12H2. The number of H-pyrrole nitrogens is 1. The van der Waals surface area contributed by atoms with Crippen molar-refractivity contribution in [3.8, 4) is 0 Å². The number of fused-ring (bicyclic) bond motifs is 1. The molecule has 0 aliphatic carbocycles. The first-order chi connectivity index (χ1) is 12.1. The minimum absolute atomic E-state index is 0.0641. The Bertz CT molecular complexity index is 975. The quantitative estimate of drug-likeness (QED) is 0.742. The highest BCUT2D eigenvalue weighted by atomic mass is 35.5. The van der Waals surface area contributed by atoms with Crippen molar-refractivity contribution in [1.29, 1.82) is 0 Å². The third-order valence-corrected chi connectivity index (χ3v) is 4.79. The number of aromatic nitrogens is 1. The lowest BCUT2D eigenvalue weighted by molar-refractivity contribution is -0.129. The molecule has 0 fully saturated rings. The highest BCUT2D eigenvalue weighted by Crippen LogP contribution is 2.25. The third-order valence-electron chi connectivity index (χ3n) is 4.56. The number of halogens is 2. The fraction of sp³-hybridized carbons (Fsp3) is 0.150. The van der Waals surface area contributed by atoms with Crippen molar-refractivity contribution in [2.75, 3.05) is 13.1 Å². The SMILES string of the molecule is O=C(Cc1c[nH]c2ccc(Cl)cc12)N1CC=C(c2ccc(F)cc2)C1. The maximum absolute atomic E-state index is 13.0. The summed E-state index contributed by atoms with van der Waals surface area (Å²) in [5.74, 6) is -0.192. The molecule has 2 heterocycles. The number of nitrogens with one attached hydrogen (secondary N) is 1. The molecule has 126 valence electrons. The normalized spacial score (nSPS) is 14.2. The van der Waals surface area contributed by atoms with Gasteiger partial charge in [0.2, 0.25) is 5.91 Å². The van der Waals surface area contributed by atoms with E-state index < -0.39 is 0 Å². The van der Waals surface area contributed by atoms with Gasteiger partial charge in [-0.15, -0.1) is 0 Å². The van der Waals surface area contributed by atoms with E-state index in [1.807, 2.05) is 35.4 Å². The van der Waals surface area contributed by atoms with Gasteiger partial charge in [-0.1, -0.05) is 29.8 Å². The average Bonchev–Trinajstić information content (AvgIpc) is 3.23. The van der Waals surface area contributed by atoms with Crippen LogP contribution in [-0.4, -0.2) is 28.9 Å². The second kappa shape index (κ2) is 6.37. The van der Waals surface area contributed by atoms with Crippen LogP contribution in [0.4, 0.5) is 4.39 Å². The van der Waals surface area contributed by atoms with Crippen LogP contribution < -0.4 is 0 Å². The second-order valence-corrected chi connectivity index (χ2v) is 6.63. The van der Waals surface area contributed by atoms with Crippen LogP contribution in [0, 0.1) is 5.82 Å². The summed E-state index contributed by atoms with van der Waals surface area (Å²) >= 11 is 6.07. The van der Waals surface area contributed by atoms with E-state index in [1.54, 1.807) is 12.1 Å². The van der Waals surface area contributed by atoms with Gasteiger partial charge in [0.25, 0.3) is 0 Å². The van der Waals surface area contributed by atoms with Crippen LogP contribution in [0.3, 0.4) is 0 Å². The number of rotatable bonds is 3. The lowest BCUT2D eigenvalue weighted by Gasteiger charge is -2.16. The molecule has 0 spiro atoms. The van der Waals surface area contributed by atoms with Crippen LogP contribution in [0.2, 0.25) is 5.02 Å². The second-order valence-electron chi connectivity index (χ2n) is 6.19. The molecule has 4 rings (SSSR count). The molecule has 3 aromatic rings. The molecule has 1 aliphatic heterocycles. The van der Waals surface area contributed by atoms with Gasteiger partial charge in [0.1, 0.15) is 5.82 Å². The van der Waals surface area contributed by atoms with E-state index in [1.165, 1.54) is 12.1 Å². The van der Waals surface area contributed by atoms with Crippen molar-refractivity contribution in [1.82, 2.24) is 9.88 Å². The minimum atomic E-state index is -0.256. The lowest BCUT2D eigenvalue weighted by atomic mass is 10.1. The van der Waals surface area contributed by atoms with E-state index >= 15 is 0 Å². The van der Waals surface area contributed by atoms with E-state index in [-0.39, 0.29) is 11.7 Å². The van der Waals surface area contributed by atoms with Crippen molar-refractivity contribution < 1.29 is 9.18 Å². The van der Waals surface area contributed by atoms with Crippen LogP contribution >= 0.6 is 11.6 Å². The fourth-order valence-corrected chi connectivity index (χ4v) is 3.36. The summed E-state index contributed by atoms with van der Waals surface area (Å²) in [5.41, 5.74) is 3.92. The van der Waals surface area contributed by atoms with Gasteiger partial charge in [-0.3, -0.25) is 4.79 Å². The Balaban J connectivity index is 1.47. The number of carbonyl (C=O) groups excluding carboxylic acids is 1. The summed E-state index contributed by atoms with van der Waals surface area (Å²) < 4.78 is 13.0. The van der Waals surface area contributed by atoms with E-state index in [9.17, 15) is 9.18 Å². The van der Waals surface area contributed by atoms with E-state index in [0.29, 0.717) is 24.5 Å². The number of nitrogens with zero attached hydrogens (tertiary/aromatic N) is 1. The van der Waals surface area contributed by atoms with Gasteiger partial charge < -0.3 is 9.88 Å². The molecular formula is C20H16ClFN2O. The first kappa shape index (κ1) is 15.9. The molecule has 25 heavy (non-hydrogen) atoms. The Morgan fingerprint density at radius 2 is 2.00 bits per heavy atom. The Morgan fingerprint density at radius 1 is 1.20 bits per heavy atom. The monoisotopic (exact) mass is 354 g/mol. The molecule has 1 N–H and O–H groups in total. The molecule has 5 heteroatoms. The topological polar surface area (TPSA) is 36.1 Å². The first-order valence-corrected chi connectivity index (χ1v) is 8.46. The summed E-state index contributed by atoms with van der Waals surface area (Å²) in [6, 6.07) is 12.0. The zero-order valence-corrected chi connectivity index (χ0v) is 14.2. The third kappa shape index (κ3) is 3.17. The number of hydrogen-bond donors (Lipinski definition) is 1. The molecule has 3 nitrogen and oxygen atoms in total. The van der Waals surface area contributed by atoms with Crippen molar-refractivity contribution >= 4 is 34.0 Å². The predicted octanol–water partition coefficient (Wildman–Crippen LogP) is 4.43. The summed E-state index contributed by atoms with van der Waals surface area (Å²) in [7, 11) is 0. The van der Waals surface area contributed by atoms with Gasteiger partial charge in [-0.25, -0.2) is 4.39 Å². The predicted molar refractivity (Wildman–Crippen MR) is 98.0 cm³/mol. The first-order valence-electron chi connectivity index (χ1n) is 8.08. The fourth-order valence-electron chi connectivity index (χ4n) is 3.19. The van der Waals surface area contributed by atoms with Crippen LogP contribution in [-0.2, 0) is 11.2 Å². The average molecular weight is 355 g/mol. The molecule has 0 saturated heterocycles. The minimum Gasteiger partial charge on any atom is -0.361 e. The van der Waals surface area contributed by atoms with Crippen LogP contribution in [0.15, 0.2) is 54.7 Å². The number of hydrogen-bond acceptors (Lipinski definition) is 1. The highest BCUT2D eigenvalue weighted by Gasteiger charge is 2.21. The molecular weight excluding hydrogens is 339 g/mol. The number of carbonyl (C=O) groups is 1. The Morgan fingerprint density at radius 3 is 2.80 bits per heavy atom. The maximum atomic E-state index is 13.0. The molecule has 0 atom stereocenters. The zero-order valence-electron chi connectivity index (χ0n) is 13.4. The Hall–Kier alpha value is -2.59. The number of aromatic amines is 1. The van der Waals surface area contributed by atoms with Crippen molar-refractivity contribution in [2.45, 2.75) is 6.42 Å². The van der Waals surface area contributed by atoms with Crippen LogP contribution in [0.1, 0.15) is 11.1 Å². The number of benzene rings is 2. The smallest absolute Gasteiger partial charge is 0.227 e. The highest BCUT2D eigenvalue weighted by molar-refractivity contribution is 6.31. The molecule has 1 amide bonds. The molecule has 1 aromatic heterocycles. The molecule has 0 saturated carbocycles. The van der Waals surface area contributed by atoms with E-state index in [4.69, 9.17) is 11.6 Å². The van der Waals surface area contributed by atoms with Gasteiger partial charge >= 0.3 is 0 Å². The van der Waals surface area contributed by atoms with Crippen LogP contribution in [0.25, 0.3) is 16.5 Å². The summed E-state index contributed by atoms with van der Waals surface area (Å²) in [6.07, 6.45) is 4.21. The van der Waals surface area contributed by atoms with Crippen molar-refractivity contribution in [3.63, 3.8) is 0 Å². The molecule has 0 radical (unpaired) electrons. The molecule has 0 bridgehead atoms. The zero-order chi connectivity index (χ0) is 17.4. The summed E-state index contributed by atoms with van der Waals surface area (Å²) in [5, 5.41) is 1.63. The van der Waals surface area contributed by atoms with E-state index in [0.717, 1.165) is 27.6 Å². The summed E-state index contributed by atoms with van der Waals surface area (Å²) in [6.45, 7) is 1.13. The van der Waals surface area contributed by atoms with Gasteiger partial charge in [-0.05, 0) is 47.0 Å². The van der Waals surface area contributed by atoms with E-state index in [2.05, 4.69) is 4.98 Å². The molecule has 0 unspecified atom stereocenters. The largest absolute Gasteiger partial charge is 0.361 e. The van der Waals surface area contributed by atoms with Crippen molar-refractivity contribution in [2.24, 2.45) is 0 Å². The Kier molecular flexibility index (Phi) is 4.06. The molecule has 2 aromatic carbocycles. The van der Waals surface area contributed by atoms with Gasteiger partial charge in [-0.2, -0.15) is 0 Å². The van der Waals surface area contributed by atoms with Gasteiger partial charge in [0, 0.05) is 35.2 Å².